The van der Waals surface area contributed by atoms with Gasteiger partial charge in [-0.2, -0.15) is 0 Å². The van der Waals surface area contributed by atoms with Crippen molar-refractivity contribution in [3.05, 3.63) is 22.4 Å². The van der Waals surface area contributed by atoms with Crippen molar-refractivity contribution in [1.29, 1.82) is 0 Å². The first kappa shape index (κ1) is 13.0. The highest BCUT2D eigenvalue weighted by molar-refractivity contribution is 7.12. The van der Waals surface area contributed by atoms with Gasteiger partial charge in [-0.05, 0) is 24.3 Å². The number of hydrogen-bond donors (Lipinski definition) is 2. The van der Waals surface area contributed by atoms with Gasteiger partial charge >= 0.3 is 5.97 Å². The lowest BCUT2D eigenvalue weighted by Gasteiger charge is -2.32. The summed E-state index contributed by atoms with van der Waals surface area (Å²) >= 11 is 1.33. The summed E-state index contributed by atoms with van der Waals surface area (Å²) in [6.07, 6.45) is 1.24. The van der Waals surface area contributed by atoms with E-state index in [0.717, 1.165) is 0 Å². The van der Waals surface area contributed by atoms with Crippen LogP contribution < -0.4 is 5.32 Å². The number of rotatable bonds is 4. The Balaban J connectivity index is 1.98. The molecule has 0 aromatic carbocycles. The van der Waals surface area contributed by atoms with Gasteiger partial charge in [-0.1, -0.05) is 6.07 Å². The summed E-state index contributed by atoms with van der Waals surface area (Å²) in [5.74, 6) is -1.13. The van der Waals surface area contributed by atoms with Gasteiger partial charge in [-0.25, -0.2) is 0 Å². The van der Waals surface area contributed by atoms with Gasteiger partial charge in [0, 0.05) is 13.2 Å². The number of carboxylic acid groups (broad SMARTS) is 1. The quantitative estimate of drug-likeness (QED) is 0.865. The van der Waals surface area contributed by atoms with Crippen LogP contribution >= 0.6 is 11.3 Å². The second kappa shape index (κ2) is 5.49. The first-order chi connectivity index (χ1) is 8.64. The molecule has 1 fully saturated rings. The van der Waals surface area contributed by atoms with E-state index in [-0.39, 0.29) is 19.1 Å². The van der Waals surface area contributed by atoms with Crippen LogP contribution in [0.3, 0.4) is 0 Å². The Morgan fingerprint density at radius 1 is 1.56 bits per heavy atom. The fourth-order valence-electron chi connectivity index (χ4n) is 1.98. The van der Waals surface area contributed by atoms with Crippen LogP contribution in [0.1, 0.15) is 22.5 Å². The molecule has 1 amide bonds. The second-order valence-corrected chi connectivity index (χ2v) is 5.35. The number of thiophene rings is 1. The SMILES string of the molecule is O=C(NCC1(C(=O)O)CCCOC1)c1cccs1. The second-order valence-electron chi connectivity index (χ2n) is 4.40. The van der Waals surface area contributed by atoms with Gasteiger partial charge in [0.05, 0.1) is 11.5 Å². The number of amides is 1. The Morgan fingerprint density at radius 3 is 2.94 bits per heavy atom. The van der Waals surface area contributed by atoms with E-state index < -0.39 is 11.4 Å². The highest BCUT2D eigenvalue weighted by atomic mass is 32.1. The maximum atomic E-state index is 11.8. The molecule has 1 aromatic rings. The minimum Gasteiger partial charge on any atom is -0.481 e. The van der Waals surface area contributed by atoms with Gasteiger partial charge in [0.25, 0.3) is 5.91 Å². The molecular formula is C12H15NO4S. The summed E-state index contributed by atoms with van der Waals surface area (Å²) in [5.41, 5.74) is -0.981. The van der Waals surface area contributed by atoms with Gasteiger partial charge in [-0.3, -0.25) is 9.59 Å². The molecule has 0 bridgehead atoms. The van der Waals surface area contributed by atoms with Crippen molar-refractivity contribution >= 4 is 23.2 Å². The van der Waals surface area contributed by atoms with Crippen LogP contribution in [0.25, 0.3) is 0 Å². The van der Waals surface area contributed by atoms with E-state index in [1.165, 1.54) is 11.3 Å². The largest absolute Gasteiger partial charge is 0.481 e. The first-order valence-corrected chi connectivity index (χ1v) is 6.65. The molecule has 2 heterocycles. The molecule has 5 nitrogen and oxygen atoms in total. The molecule has 0 spiro atoms. The Bertz CT molecular complexity index is 423. The van der Waals surface area contributed by atoms with E-state index in [1.807, 2.05) is 5.38 Å². The average molecular weight is 269 g/mol. The number of aliphatic carboxylic acids is 1. The summed E-state index contributed by atoms with van der Waals surface area (Å²) in [6, 6.07) is 3.50. The molecule has 98 valence electrons. The Morgan fingerprint density at radius 2 is 2.39 bits per heavy atom. The predicted octanol–water partition coefficient (Wildman–Crippen LogP) is 1.36. The standard InChI is InChI=1S/C12H15NO4S/c14-10(9-3-1-6-18-9)13-7-12(11(15)16)4-2-5-17-8-12/h1,3,6H,2,4-5,7-8H2,(H,13,14)(H,15,16). The van der Waals surface area contributed by atoms with E-state index in [0.29, 0.717) is 24.3 Å². The first-order valence-electron chi connectivity index (χ1n) is 5.77. The molecule has 1 aliphatic rings. The lowest BCUT2D eigenvalue weighted by atomic mass is 9.82. The fraction of sp³-hybridized carbons (Fsp3) is 0.500. The molecule has 1 atom stereocenters. The van der Waals surface area contributed by atoms with Crippen LogP contribution in [0.15, 0.2) is 17.5 Å². The highest BCUT2D eigenvalue weighted by Crippen LogP contribution is 2.28. The van der Waals surface area contributed by atoms with E-state index in [4.69, 9.17) is 4.74 Å². The summed E-state index contributed by atoms with van der Waals surface area (Å²) in [6.45, 7) is 0.861. The van der Waals surface area contributed by atoms with E-state index in [2.05, 4.69) is 5.32 Å². The van der Waals surface area contributed by atoms with Crippen LogP contribution in [-0.2, 0) is 9.53 Å². The van der Waals surface area contributed by atoms with E-state index in [1.54, 1.807) is 12.1 Å². The minimum absolute atomic E-state index is 0.110. The number of carbonyl (C=O) groups excluding carboxylic acids is 1. The normalized spacial score (nSPS) is 23.6. The number of ether oxygens (including phenoxy) is 1. The third-order valence-electron chi connectivity index (χ3n) is 3.11. The van der Waals surface area contributed by atoms with Crippen LogP contribution in [0, 0.1) is 5.41 Å². The zero-order chi connectivity index (χ0) is 13.0. The number of nitrogens with one attached hydrogen (secondary N) is 1. The number of carbonyl (C=O) groups is 2. The molecule has 1 aromatic heterocycles. The minimum atomic E-state index is -0.981. The molecule has 1 saturated heterocycles. The lowest BCUT2D eigenvalue weighted by molar-refractivity contribution is -0.156. The topological polar surface area (TPSA) is 75.6 Å². The monoisotopic (exact) mass is 269 g/mol. The summed E-state index contributed by atoms with van der Waals surface area (Å²) < 4.78 is 5.24. The molecule has 0 saturated carbocycles. The van der Waals surface area contributed by atoms with Crippen molar-refractivity contribution in [2.45, 2.75) is 12.8 Å². The Labute approximate surface area is 109 Å². The zero-order valence-corrected chi connectivity index (χ0v) is 10.7. The van der Waals surface area contributed by atoms with Gasteiger partial charge in [0.15, 0.2) is 0 Å². The van der Waals surface area contributed by atoms with Crippen molar-refractivity contribution < 1.29 is 19.4 Å². The summed E-state index contributed by atoms with van der Waals surface area (Å²) in [5, 5.41) is 13.8. The third kappa shape index (κ3) is 2.70. The molecule has 1 unspecified atom stereocenters. The molecule has 0 radical (unpaired) electrons. The molecule has 0 aliphatic carbocycles. The van der Waals surface area contributed by atoms with Gasteiger partial charge < -0.3 is 15.2 Å². The molecule has 2 rings (SSSR count). The maximum Gasteiger partial charge on any atom is 0.313 e. The van der Waals surface area contributed by atoms with Gasteiger partial charge in [-0.15, -0.1) is 11.3 Å². The molecule has 6 heteroatoms. The van der Waals surface area contributed by atoms with Crippen molar-refractivity contribution in [2.75, 3.05) is 19.8 Å². The van der Waals surface area contributed by atoms with Crippen molar-refractivity contribution in [3.63, 3.8) is 0 Å². The Kier molecular flexibility index (Phi) is 3.98. The summed E-state index contributed by atoms with van der Waals surface area (Å²) in [4.78, 5) is 23.7. The van der Waals surface area contributed by atoms with Crippen LogP contribution in [0.5, 0.6) is 0 Å². The van der Waals surface area contributed by atoms with Crippen molar-refractivity contribution in [2.24, 2.45) is 5.41 Å². The number of hydrogen-bond acceptors (Lipinski definition) is 4. The average Bonchev–Trinajstić information content (AvgIpc) is 2.91. The van der Waals surface area contributed by atoms with Crippen molar-refractivity contribution in [3.8, 4) is 0 Å². The molecular weight excluding hydrogens is 254 g/mol. The smallest absolute Gasteiger partial charge is 0.313 e. The molecule has 18 heavy (non-hydrogen) atoms. The maximum absolute atomic E-state index is 11.8. The van der Waals surface area contributed by atoms with Gasteiger partial charge in [0.1, 0.15) is 5.41 Å². The number of carboxylic acids is 1. The van der Waals surface area contributed by atoms with E-state index >= 15 is 0 Å². The van der Waals surface area contributed by atoms with Crippen LogP contribution in [0.2, 0.25) is 0 Å². The van der Waals surface area contributed by atoms with Crippen molar-refractivity contribution in [1.82, 2.24) is 5.32 Å². The van der Waals surface area contributed by atoms with Crippen LogP contribution in [0.4, 0.5) is 0 Å². The lowest BCUT2D eigenvalue weighted by Crippen LogP contribution is -2.48. The fourth-order valence-corrected chi connectivity index (χ4v) is 2.62. The zero-order valence-electron chi connectivity index (χ0n) is 9.85. The van der Waals surface area contributed by atoms with Crippen LogP contribution in [-0.4, -0.2) is 36.7 Å². The molecule has 1 aliphatic heterocycles. The predicted molar refractivity (Wildman–Crippen MR) is 66.8 cm³/mol. The van der Waals surface area contributed by atoms with E-state index in [9.17, 15) is 14.7 Å². The Hall–Kier alpha value is -1.40. The third-order valence-corrected chi connectivity index (χ3v) is 3.98. The highest BCUT2D eigenvalue weighted by Gasteiger charge is 2.41. The summed E-state index contributed by atoms with van der Waals surface area (Å²) in [7, 11) is 0. The van der Waals surface area contributed by atoms with Gasteiger partial charge in [0.2, 0.25) is 0 Å². The molecule has 2 N–H and O–H groups in total.